The lowest BCUT2D eigenvalue weighted by molar-refractivity contribution is 0.126. The third-order valence-corrected chi connectivity index (χ3v) is 5.26. The molecule has 3 unspecified atom stereocenters. The molecule has 2 N–H and O–H groups in total. The fourth-order valence-electron chi connectivity index (χ4n) is 1.94. The lowest BCUT2D eigenvalue weighted by Gasteiger charge is -2.15. The van der Waals surface area contributed by atoms with Gasteiger partial charge >= 0.3 is 0 Å². The Bertz CT molecular complexity index is 287. The Morgan fingerprint density at radius 1 is 1.53 bits per heavy atom. The summed E-state index contributed by atoms with van der Waals surface area (Å²) in [6.07, 6.45) is 1.91. The Morgan fingerprint density at radius 2 is 2.20 bits per heavy atom. The molecule has 0 radical (unpaired) electrons. The highest BCUT2D eigenvalue weighted by Crippen LogP contribution is 2.22. The predicted octanol–water partition coefficient (Wildman–Crippen LogP) is 0.706. The number of ether oxygens (including phenoxy) is 1. The van der Waals surface area contributed by atoms with Crippen LogP contribution in [-0.2, 0) is 14.6 Å². The van der Waals surface area contributed by atoms with Crippen LogP contribution in [0, 0.1) is 0 Å². The fraction of sp³-hybridized carbons (Fsp3) is 1.00. The zero-order valence-corrected chi connectivity index (χ0v) is 10.3. The van der Waals surface area contributed by atoms with Crippen molar-refractivity contribution < 1.29 is 13.2 Å². The summed E-state index contributed by atoms with van der Waals surface area (Å²) < 4.78 is 29.1. The first-order chi connectivity index (χ1) is 6.93. The molecule has 1 fully saturated rings. The van der Waals surface area contributed by atoms with Gasteiger partial charge in [0.1, 0.15) is 0 Å². The number of sulfone groups is 1. The van der Waals surface area contributed by atoms with E-state index in [2.05, 4.69) is 0 Å². The van der Waals surface area contributed by atoms with Crippen LogP contribution in [0.5, 0.6) is 0 Å². The molecule has 90 valence electrons. The summed E-state index contributed by atoms with van der Waals surface area (Å²) in [7, 11) is -2.99. The molecular weight excluding hydrogens is 214 g/mol. The van der Waals surface area contributed by atoms with Gasteiger partial charge in [-0.2, -0.15) is 0 Å². The largest absolute Gasteiger partial charge is 0.377 e. The highest BCUT2D eigenvalue weighted by atomic mass is 32.2. The van der Waals surface area contributed by atoms with Crippen molar-refractivity contribution in [2.75, 3.05) is 12.4 Å². The Morgan fingerprint density at radius 3 is 2.67 bits per heavy atom. The summed E-state index contributed by atoms with van der Waals surface area (Å²) >= 11 is 0. The summed E-state index contributed by atoms with van der Waals surface area (Å²) in [6.45, 7) is 4.30. The van der Waals surface area contributed by atoms with E-state index in [1.807, 2.05) is 13.8 Å². The van der Waals surface area contributed by atoms with E-state index < -0.39 is 9.84 Å². The average Bonchev–Trinajstić information content (AvgIpc) is 2.50. The van der Waals surface area contributed by atoms with Crippen LogP contribution < -0.4 is 5.73 Å². The number of hydrogen-bond acceptors (Lipinski definition) is 4. The Hall–Kier alpha value is -0.130. The van der Waals surface area contributed by atoms with Crippen molar-refractivity contribution in [3.05, 3.63) is 0 Å². The van der Waals surface area contributed by atoms with Gasteiger partial charge in [0.2, 0.25) is 0 Å². The van der Waals surface area contributed by atoms with Crippen LogP contribution in [0.2, 0.25) is 0 Å². The van der Waals surface area contributed by atoms with Gasteiger partial charge in [0.15, 0.2) is 9.84 Å². The third-order valence-electron chi connectivity index (χ3n) is 2.86. The van der Waals surface area contributed by atoms with E-state index in [4.69, 9.17) is 10.5 Å². The van der Waals surface area contributed by atoms with Crippen LogP contribution in [0.15, 0.2) is 0 Å². The molecule has 5 heteroatoms. The number of nitrogens with two attached hydrogens (primary N) is 1. The normalized spacial score (nSPS) is 29.3. The summed E-state index contributed by atoms with van der Waals surface area (Å²) in [5.41, 5.74) is 5.58. The summed E-state index contributed by atoms with van der Waals surface area (Å²) in [4.78, 5) is 0. The van der Waals surface area contributed by atoms with Gasteiger partial charge in [-0.05, 0) is 33.1 Å². The maximum absolute atomic E-state index is 11.9. The molecule has 1 saturated heterocycles. The fourth-order valence-corrected chi connectivity index (χ4v) is 3.93. The van der Waals surface area contributed by atoms with Gasteiger partial charge in [0, 0.05) is 12.6 Å². The van der Waals surface area contributed by atoms with Gasteiger partial charge in [-0.15, -0.1) is 0 Å². The minimum Gasteiger partial charge on any atom is -0.377 e. The molecule has 0 aliphatic carbocycles. The van der Waals surface area contributed by atoms with Crippen LogP contribution in [0.4, 0.5) is 0 Å². The third kappa shape index (κ3) is 3.74. The molecule has 1 aliphatic rings. The van der Waals surface area contributed by atoms with Crippen LogP contribution in [-0.4, -0.2) is 38.2 Å². The van der Waals surface area contributed by atoms with E-state index in [0.29, 0.717) is 19.4 Å². The van der Waals surface area contributed by atoms with E-state index in [1.165, 1.54) is 0 Å². The molecule has 0 amide bonds. The molecule has 0 bridgehead atoms. The standard InChI is InChI=1S/C10H21NO3S/c1-8(11)4-3-7-15(12,13)10-5-6-14-9(10)2/h8-10H,3-7,11H2,1-2H3. The number of rotatable bonds is 5. The highest BCUT2D eigenvalue weighted by molar-refractivity contribution is 7.92. The van der Waals surface area contributed by atoms with E-state index in [0.717, 1.165) is 6.42 Å². The second kappa shape index (κ2) is 5.27. The van der Waals surface area contributed by atoms with Crippen molar-refractivity contribution in [2.45, 2.75) is 50.5 Å². The molecule has 0 aromatic heterocycles. The number of hydrogen-bond donors (Lipinski definition) is 1. The molecular formula is C10H21NO3S. The second-order valence-electron chi connectivity index (χ2n) is 4.39. The second-order valence-corrected chi connectivity index (χ2v) is 6.73. The molecule has 15 heavy (non-hydrogen) atoms. The summed E-state index contributed by atoms with van der Waals surface area (Å²) in [5, 5.41) is -0.300. The average molecular weight is 235 g/mol. The molecule has 1 rings (SSSR count). The van der Waals surface area contributed by atoms with Crippen molar-refractivity contribution in [1.82, 2.24) is 0 Å². The van der Waals surface area contributed by atoms with E-state index in [1.54, 1.807) is 0 Å². The van der Waals surface area contributed by atoms with Crippen molar-refractivity contribution >= 4 is 9.84 Å². The van der Waals surface area contributed by atoms with Crippen molar-refractivity contribution in [2.24, 2.45) is 5.73 Å². The lowest BCUT2D eigenvalue weighted by Crippen LogP contribution is -2.30. The zero-order chi connectivity index (χ0) is 11.5. The Labute approximate surface area is 92.1 Å². The van der Waals surface area contributed by atoms with Crippen molar-refractivity contribution in [3.63, 3.8) is 0 Å². The minimum atomic E-state index is -2.99. The first-order valence-corrected chi connectivity index (χ1v) is 7.24. The maximum atomic E-state index is 11.9. The van der Waals surface area contributed by atoms with E-state index >= 15 is 0 Å². The first-order valence-electron chi connectivity index (χ1n) is 5.52. The van der Waals surface area contributed by atoms with Crippen LogP contribution in [0.3, 0.4) is 0 Å². The van der Waals surface area contributed by atoms with Gasteiger partial charge < -0.3 is 10.5 Å². The SMILES string of the molecule is CC(N)CCCS(=O)(=O)C1CCOC1C. The highest BCUT2D eigenvalue weighted by Gasteiger charge is 2.35. The van der Waals surface area contributed by atoms with Crippen LogP contribution in [0.25, 0.3) is 0 Å². The molecule has 0 aromatic carbocycles. The van der Waals surface area contributed by atoms with E-state index in [9.17, 15) is 8.42 Å². The molecule has 0 spiro atoms. The van der Waals surface area contributed by atoms with Gasteiger partial charge in [-0.1, -0.05) is 0 Å². The van der Waals surface area contributed by atoms with Crippen LogP contribution >= 0.6 is 0 Å². The van der Waals surface area contributed by atoms with Gasteiger partial charge in [0.05, 0.1) is 17.1 Å². The lowest BCUT2D eigenvalue weighted by atomic mass is 10.2. The molecule has 4 nitrogen and oxygen atoms in total. The maximum Gasteiger partial charge on any atom is 0.155 e. The van der Waals surface area contributed by atoms with Crippen LogP contribution in [0.1, 0.15) is 33.1 Å². The molecule has 0 aromatic rings. The minimum absolute atomic E-state index is 0.0810. The first kappa shape index (κ1) is 12.9. The Kier molecular flexibility index (Phi) is 4.55. The monoisotopic (exact) mass is 235 g/mol. The predicted molar refractivity (Wildman–Crippen MR) is 60.5 cm³/mol. The van der Waals surface area contributed by atoms with Gasteiger partial charge in [-0.25, -0.2) is 8.42 Å². The molecule has 3 atom stereocenters. The summed E-state index contributed by atoms with van der Waals surface area (Å²) in [6, 6.07) is 0.0810. The van der Waals surface area contributed by atoms with Gasteiger partial charge in [0.25, 0.3) is 0 Å². The topological polar surface area (TPSA) is 69.4 Å². The molecule has 0 saturated carbocycles. The van der Waals surface area contributed by atoms with Gasteiger partial charge in [-0.3, -0.25) is 0 Å². The molecule has 1 heterocycles. The van der Waals surface area contributed by atoms with E-state index in [-0.39, 0.29) is 23.1 Å². The quantitative estimate of drug-likeness (QED) is 0.762. The zero-order valence-electron chi connectivity index (χ0n) is 9.48. The Balaban J connectivity index is 2.44. The van der Waals surface area contributed by atoms with Crippen molar-refractivity contribution in [3.8, 4) is 0 Å². The smallest absolute Gasteiger partial charge is 0.155 e. The molecule has 1 aliphatic heterocycles. The van der Waals surface area contributed by atoms with Crippen molar-refractivity contribution in [1.29, 1.82) is 0 Å². The summed E-state index contributed by atoms with van der Waals surface area (Å²) in [5.74, 6) is 0.243.